The fourth-order valence-corrected chi connectivity index (χ4v) is 2.60. The van der Waals surface area contributed by atoms with E-state index in [0.717, 1.165) is 30.6 Å². The maximum Gasteiger partial charge on any atom is 0.221 e. The van der Waals surface area contributed by atoms with Gasteiger partial charge in [-0.15, -0.1) is 0 Å². The van der Waals surface area contributed by atoms with Crippen LogP contribution in [0.5, 0.6) is 0 Å². The third-order valence-corrected chi connectivity index (χ3v) is 4.18. The number of anilines is 1. The molecule has 3 heteroatoms. The molecular weight excluding hydrogens is 248 g/mol. The SMILES string of the molecule is CC(=O)Nc1ccccc1CN(C[C@@H]1C[C@@H]1C)C(C)C. The number of rotatable bonds is 6. The molecule has 0 radical (unpaired) electrons. The molecule has 110 valence electrons. The average molecular weight is 274 g/mol. The molecule has 0 heterocycles. The van der Waals surface area contributed by atoms with E-state index in [4.69, 9.17) is 0 Å². The van der Waals surface area contributed by atoms with Gasteiger partial charge in [-0.05, 0) is 43.7 Å². The van der Waals surface area contributed by atoms with Gasteiger partial charge in [0.2, 0.25) is 5.91 Å². The molecule has 2 rings (SSSR count). The van der Waals surface area contributed by atoms with Crippen LogP contribution in [0.3, 0.4) is 0 Å². The van der Waals surface area contributed by atoms with E-state index in [2.05, 4.69) is 37.1 Å². The van der Waals surface area contributed by atoms with Gasteiger partial charge in [-0.1, -0.05) is 25.1 Å². The van der Waals surface area contributed by atoms with Crippen LogP contribution in [0.25, 0.3) is 0 Å². The van der Waals surface area contributed by atoms with E-state index in [0.29, 0.717) is 6.04 Å². The number of carbonyl (C=O) groups is 1. The predicted octanol–water partition coefficient (Wildman–Crippen LogP) is 3.51. The van der Waals surface area contributed by atoms with E-state index < -0.39 is 0 Å². The first-order chi connectivity index (χ1) is 9.47. The third-order valence-electron chi connectivity index (χ3n) is 4.18. The summed E-state index contributed by atoms with van der Waals surface area (Å²) in [6, 6.07) is 8.62. The molecule has 1 amide bonds. The molecule has 0 spiro atoms. The Morgan fingerprint density at radius 1 is 1.40 bits per heavy atom. The highest BCUT2D eigenvalue weighted by Crippen LogP contribution is 2.38. The van der Waals surface area contributed by atoms with Gasteiger partial charge >= 0.3 is 0 Å². The second kappa shape index (κ2) is 6.40. The second-order valence-electron chi connectivity index (χ2n) is 6.33. The van der Waals surface area contributed by atoms with Gasteiger partial charge in [0, 0.05) is 31.7 Å². The van der Waals surface area contributed by atoms with Crippen molar-refractivity contribution in [1.82, 2.24) is 4.90 Å². The fraction of sp³-hybridized carbons (Fsp3) is 0.588. The molecule has 1 aromatic rings. The van der Waals surface area contributed by atoms with Crippen molar-refractivity contribution in [2.24, 2.45) is 11.8 Å². The van der Waals surface area contributed by atoms with Gasteiger partial charge in [-0.2, -0.15) is 0 Å². The number of carbonyl (C=O) groups excluding carboxylic acids is 1. The van der Waals surface area contributed by atoms with E-state index in [1.807, 2.05) is 18.2 Å². The summed E-state index contributed by atoms with van der Waals surface area (Å²) in [4.78, 5) is 13.8. The van der Waals surface area contributed by atoms with Crippen LogP contribution in [0.4, 0.5) is 5.69 Å². The van der Waals surface area contributed by atoms with Crippen molar-refractivity contribution in [3.05, 3.63) is 29.8 Å². The molecule has 0 bridgehead atoms. The van der Waals surface area contributed by atoms with Crippen LogP contribution >= 0.6 is 0 Å². The number of nitrogens with zero attached hydrogens (tertiary/aromatic N) is 1. The maximum absolute atomic E-state index is 11.3. The Balaban J connectivity index is 2.07. The summed E-state index contributed by atoms with van der Waals surface area (Å²) in [5, 5.41) is 2.93. The van der Waals surface area contributed by atoms with E-state index in [1.54, 1.807) is 6.92 Å². The van der Waals surface area contributed by atoms with Crippen LogP contribution in [0.15, 0.2) is 24.3 Å². The topological polar surface area (TPSA) is 32.3 Å². The molecule has 1 aromatic carbocycles. The number of nitrogens with one attached hydrogen (secondary N) is 1. The zero-order valence-electron chi connectivity index (χ0n) is 13.0. The lowest BCUT2D eigenvalue weighted by atomic mass is 10.1. The first-order valence-electron chi connectivity index (χ1n) is 7.57. The minimum atomic E-state index is -0.00985. The van der Waals surface area contributed by atoms with Gasteiger partial charge in [0.05, 0.1) is 0 Å². The Morgan fingerprint density at radius 2 is 2.05 bits per heavy atom. The molecule has 0 unspecified atom stereocenters. The molecule has 3 nitrogen and oxygen atoms in total. The summed E-state index contributed by atoms with van der Waals surface area (Å²) < 4.78 is 0. The van der Waals surface area contributed by atoms with Crippen LogP contribution < -0.4 is 5.32 Å². The van der Waals surface area contributed by atoms with E-state index in [-0.39, 0.29) is 5.91 Å². The molecule has 0 aliphatic heterocycles. The number of para-hydroxylation sites is 1. The van der Waals surface area contributed by atoms with Gasteiger partial charge in [0.15, 0.2) is 0 Å². The summed E-state index contributed by atoms with van der Waals surface area (Å²) >= 11 is 0. The summed E-state index contributed by atoms with van der Waals surface area (Å²) in [7, 11) is 0. The minimum Gasteiger partial charge on any atom is -0.326 e. The van der Waals surface area contributed by atoms with Gasteiger partial charge in [0.25, 0.3) is 0 Å². The molecule has 1 fully saturated rings. The molecule has 0 aromatic heterocycles. The number of hydrogen-bond donors (Lipinski definition) is 1. The molecule has 20 heavy (non-hydrogen) atoms. The molecule has 1 saturated carbocycles. The van der Waals surface area contributed by atoms with E-state index >= 15 is 0 Å². The van der Waals surface area contributed by atoms with Crippen molar-refractivity contribution in [2.45, 2.75) is 46.7 Å². The first kappa shape index (κ1) is 15.0. The highest BCUT2D eigenvalue weighted by molar-refractivity contribution is 5.89. The monoisotopic (exact) mass is 274 g/mol. The summed E-state index contributed by atoms with van der Waals surface area (Å²) in [5.41, 5.74) is 2.14. The van der Waals surface area contributed by atoms with Gasteiger partial charge in [-0.3, -0.25) is 9.69 Å². The van der Waals surface area contributed by atoms with Crippen LogP contribution in [-0.4, -0.2) is 23.4 Å². The number of hydrogen-bond acceptors (Lipinski definition) is 2. The largest absolute Gasteiger partial charge is 0.326 e. The highest BCUT2D eigenvalue weighted by atomic mass is 16.1. The smallest absolute Gasteiger partial charge is 0.221 e. The van der Waals surface area contributed by atoms with E-state index in [1.165, 1.54) is 12.0 Å². The summed E-state index contributed by atoms with van der Waals surface area (Å²) in [6.07, 6.45) is 1.36. The molecule has 0 saturated heterocycles. The normalized spacial score (nSPS) is 21.3. The molecular formula is C17H26N2O. The van der Waals surface area contributed by atoms with Crippen LogP contribution in [0.2, 0.25) is 0 Å². The maximum atomic E-state index is 11.3. The number of benzene rings is 1. The lowest BCUT2D eigenvalue weighted by Gasteiger charge is -2.27. The van der Waals surface area contributed by atoms with Gasteiger partial charge in [-0.25, -0.2) is 0 Å². The Kier molecular flexibility index (Phi) is 4.81. The summed E-state index contributed by atoms with van der Waals surface area (Å²) in [6.45, 7) is 10.4. The van der Waals surface area contributed by atoms with Crippen molar-refractivity contribution >= 4 is 11.6 Å². The highest BCUT2D eigenvalue weighted by Gasteiger charge is 2.34. The Bertz CT molecular complexity index is 470. The first-order valence-corrected chi connectivity index (χ1v) is 7.57. The van der Waals surface area contributed by atoms with Crippen molar-refractivity contribution in [3.63, 3.8) is 0 Å². The van der Waals surface area contributed by atoms with Crippen LogP contribution in [0.1, 0.15) is 39.7 Å². The Hall–Kier alpha value is -1.35. The van der Waals surface area contributed by atoms with Gasteiger partial charge in [0.1, 0.15) is 0 Å². The Morgan fingerprint density at radius 3 is 2.60 bits per heavy atom. The minimum absolute atomic E-state index is 0.00985. The third kappa shape index (κ3) is 4.07. The quantitative estimate of drug-likeness (QED) is 0.861. The van der Waals surface area contributed by atoms with Crippen molar-refractivity contribution in [2.75, 3.05) is 11.9 Å². The second-order valence-corrected chi connectivity index (χ2v) is 6.33. The Labute approximate surface area is 122 Å². The predicted molar refractivity (Wildman–Crippen MR) is 83.6 cm³/mol. The lowest BCUT2D eigenvalue weighted by Crippen LogP contribution is -2.32. The fourth-order valence-electron chi connectivity index (χ4n) is 2.60. The van der Waals surface area contributed by atoms with Crippen molar-refractivity contribution in [1.29, 1.82) is 0 Å². The standard InChI is InChI=1S/C17H26N2O/c1-12(2)19(11-16-9-13(16)3)10-15-7-5-6-8-17(15)18-14(4)20/h5-8,12-13,16H,9-11H2,1-4H3,(H,18,20)/t13-,16-/m0/s1. The zero-order chi connectivity index (χ0) is 14.7. The van der Waals surface area contributed by atoms with Gasteiger partial charge < -0.3 is 5.32 Å². The molecule has 1 N–H and O–H groups in total. The molecule has 2 atom stereocenters. The molecule has 1 aliphatic rings. The number of amides is 1. The van der Waals surface area contributed by atoms with Crippen molar-refractivity contribution in [3.8, 4) is 0 Å². The zero-order valence-corrected chi connectivity index (χ0v) is 13.0. The lowest BCUT2D eigenvalue weighted by molar-refractivity contribution is -0.114. The molecule has 1 aliphatic carbocycles. The van der Waals surface area contributed by atoms with Crippen LogP contribution in [0, 0.1) is 11.8 Å². The summed E-state index contributed by atoms with van der Waals surface area (Å²) in [5.74, 6) is 1.72. The van der Waals surface area contributed by atoms with Crippen LogP contribution in [-0.2, 0) is 11.3 Å². The average Bonchev–Trinajstić information content (AvgIpc) is 3.05. The van der Waals surface area contributed by atoms with E-state index in [9.17, 15) is 4.79 Å². The van der Waals surface area contributed by atoms with Crippen molar-refractivity contribution < 1.29 is 4.79 Å².